The fraction of sp³-hybridized carbons (Fsp3) is 0. The molecule has 10 nitrogen and oxygen atoms in total. The monoisotopic (exact) mass is 493 g/mol. The first kappa shape index (κ1) is 22.6. The van der Waals surface area contributed by atoms with E-state index in [0.29, 0.717) is 27.6 Å². The number of thiazole rings is 1. The molecule has 2 heterocycles. The van der Waals surface area contributed by atoms with Gasteiger partial charge in [-0.25, -0.2) is 4.98 Å². The lowest BCUT2D eigenvalue weighted by molar-refractivity contribution is -0.384. The van der Waals surface area contributed by atoms with Gasteiger partial charge in [0.2, 0.25) is 5.13 Å². The van der Waals surface area contributed by atoms with Gasteiger partial charge < -0.3 is 0 Å². The lowest BCUT2D eigenvalue weighted by Gasteiger charge is -2.00. The predicted octanol–water partition coefficient (Wildman–Crippen LogP) is 6.15. The molecular weight excluding hydrogens is 478 g/mol. The van der Waals surface area contributed by atoms with Crippen molar-refractivity contribution in [2.75, 3.05) is 0 Å². The highest BCUT2D eigenvalue weighted by Crippen LogP contribution is 2.31. The molecule has 2 aromatic heterocycles. The van der Waals surface area contributed by atoms with Crippen molar-refractivity contribution < 1.29 is 4.92 Å². The van der Waals surface area contributed by atoms with Gasteiger partial charge in [0.15, 0.2) is 5.69 Å². The number of nitrogens with zero attached hydrogens (tertiary/aromatic N) is 6. The second kappa shape index (κ2) is 9.57. The third-order valence-corrected chi connectivity index (χ3v) is 6.07. The minimum atomic E-state index is -0.496. The third-order valence-electron chi connectivity index (χ3n) is 5.25. The molecule has 0 spiro atoms. The molecule has 5 aromatic rings. The number of aromatic nitrogens is 3. The standard InChI is InChI=1S/C25H15N7O3S/c26-14-16-6-10-19(11-7-16)28-29-23-22(18-8-12-20(13-9-18)32(34)35)30-31(24(23)33)25-27-21(15-36-25)17-4-2-1-3-5-17/h1-13,15,30H. The highest BCUT2D eigenvalue weighted by molar-refractivity contribution is 7.12. The molecule has 0 amide bonds. The van der Waals surface area contributed by atoms with Crippen LogP contribution in [0.5, 0.6) is 0 Å². The van der Waals surface area contributed by atoms with E-state index in [1.54, 1.807) is 24.3 Å². The number of aromatic amines is 1. The average molecular weight is 494 g/mol. The SMILES string of the molecule is N#Cc1ccc(N=Nc2c(-c3ccc([N+](=O)[O-])cc3)[nH]n(-c3nc(-c4ccccc4)cs3)c2=O)cc1. The van der Waals surface area contributed by atoms with Crippen LogP contribution in [0.25, 0.3) is 27.6 Å². The summed E-state index contributed by atoms with van der Waals surface area (Å²) in [6.45, 7) is 0. The first-order valence-electron chi connectivity index (χ1n) is 10.6. The van der Waals surface area contributed by atoms with E-state index < -0.39 is 10.5 Å². The van der Waals surface area contributed by atoms with Crippen molar-refractivity contribution in [1.29, 1.82) is 5.26 Å². The number of rotatable bonds is 6. The second-order valence-corrected chi connectivity index (χ2v) is 8.36. The summed E-state index contributed by atoms with van der Waals surface area (Å²) in [7, 11) is 0. The Hall–Kier alpha value is -5.21. The van der Waals surface area contributed by atoms with Crippen molar-refractivity contribution in [3.63, 3.8) is 0 Å². The topological polar surface area (TPSA) is 142 Å². The zero-order valence-corrected chi connectivity index (χ0v) is 19.2. The van der Waals surface area contributed by atoms with Gasteiger partial charge in [0, 0.05) is 28.6 Å². The van der Waals surface area contributed by atoms with Crippen molar-refractivity contribution >= 4 is 28.4 Å². The number of nitriles is 1. The number of benzene rings is 3. The van der Waals surface area contributed by atoms with Crippen molar-refractivity contribution in [2.45, 2.75) is 0 Å². The number of nitro groups is 1. The number of nitro benzene ring substituents is 1. The molecule has 0 unspecified atom stereocenters. The summed E-state index contributed by atoms with van der Waals surface area (Å²) in [5, 5.41) is 33.7. The van der Waals surface area contributed by atoms with E-state index in [1.165, 1.54) is 40.3 Å². The smallest absolute Gasteiger partial charge is 0.286 e. The fourth-order valence-electron chi connectivity index (χ4n) is 3.43. The largest absolute Gasteiger partial charge is 0.301 e. The highest BCUT2D eigenvalue weighted by atomic mass is 32.1. The van der Waals surface area contributed by atoms with Crippen molar-refractivity contribution in [2.24, 2.45) is 10.2 Å². The number of hydrogen-bond donors (Lipinski definition) is 1. The maximum Gasteiger partial charge on any atom is 0.301 e. The van der Waals surface area contributed by atoms with E-state index >= 15 is 0 Å². The second-order valence-electron chi connectivity index (χ2n) is 7.52. The van der Waals surface area contributed by atoms with Gasteiger partial charge in [-0.1, -0.05) is 30.3 Å². The lowest BCUT2D eigenvalue weighted by Crippen LogP contribution is -2.13. The summed E-state index contributed by atoms with van der Waals surface area (Å²) < 4.78 is 1.28. The molecule has 0 aliphatic heterocycles. The van der Waals surface area contributed by atoms with Gasteiger partial charge in [-0.05, 0) is 36.4 Å². The van der Waals surface area contributed by atoms with E-state index in [9.17, 15) is 14.9 Å². The minimum absolute atomic E-state index is 0.0182. The van der Waals surface area contributed by atoms with Crippen LogP contribution >= 0.6 is 11.3 Å². The van der Waals surface area contributed by atoms with Gasteiger partial charge in [-0.15, -0.1) is 16.5 Å². The van der Waals surface area contributed by atoms with Crippen LogP contribution in [0.4, 0.5) is 17.1 Å². The molecule has 0 fully saturated rings. The normalized spacial score (nSPS) is 11.0. The number of hydrogen-bond acceptors (Lipinski definition) is 8. The summed E-state index contributed by atoms with van der Waals surface area (Å²) in [5.41, 5.74) is 2.88. The molecule has 0 aliphatic rings. The maximum atomic E-state index is 13.4. The number of nitrogens with one attached hydrogen (secondary N) is 1. The molecule has 174 valence electrons. The molecule has 3 aromatic carbocycles. The molecule has 36 heavy (non-hydrogen) atoms. The zero-order valence-electron chi connectivity index (χ0n) is 18.4. The van der Waals surface area contributed by atoms with E-state index in [0.717, 1.165) is 11.3 Å². The van der Waals surface area contributed by atoms with Gasteiger partial charge in [-0.3, -0.25) is 20.0 Å². The molecule has 5 rings (SSSR count). The predicted molar refractivity (Wildman–Crippen MR) is 135 cm³/mol. The summed E-state index contributed by atoms with van der Waals surface area (Å²) in [5.74, 6) is 0. The number of azo groups is 1. The molecule has 0 radical (unpaired) electrons. The number of non-ortho nitro benzene ring substituents is 1. The van der Waals surface area contributed by atoms with Crippen LogP contribution in [0.1, 0.15) is 5.56 Å². The fourth-order valence-corrected chi connectivity index (χ4v) is 4.22. The van der Waals surface area contributed by atoms with E-state index in [1.807, 2.05) is 41.8 Å². The van der Waals surface area contributed by atoms with E-state index in [2.05, 4.69) is 20.3 Å². The summed E-state index contributed by atoms with van der Waals surface area (Å²) in [6.07, 6.45) is 0. The van der Waals surface area contributed by atoms with Crippen molar-refractivity contribution in [3.8, 4) is 33.7 Å². The average Bonchev–Trinajstić information content (AvgIpc) is 3.53. The van der Waals surface area contributed by atoms with Crippen LogP contribution in [0, 0.1) is 21.4 Å². The van der Waals surface area contributed by atoms with Crippen LogP contribution < -0.4 is 5.56 Å². The Morgan fingerprint density at radius 1 is 0.972 bits per heavy atom. The Bertz CT molecular complexity index is 1680. The Morgan fingerprint density at radius 2 is 1.69 bits per heavy atom. The van der Waals surface area contributed by atoms with Crippen molar-refractivity contribution in [1.82, 2.24) is 14.8 Å². The molecule has 0 saturated carbocycles. The first-order chi connectivity index (χ1) is 17.5. The zero-order chi connectivity index (χ0) is 25.1. The number of H-pyrrole nitrogens is 1. The molecule has 0 aliphatic carbocycles. The van der Waals surface area contributed by atoms with Crippen molar-refractivity contribution in [3.05, 3.63) is 110 Å². The van der Waals surface area contributed by atoms with Gasteiger partial charge in [-0.2, -0.15) is 15.1 Å². The molecular formula is C25H15N7O3S. The molecule has 0 atom stereocenters. The molecule has 1 N–H and O–H groups in total. The lowest BCUT2D eigenvalue weighted by atomic mass is 10.1. The third kappa shape index (κ3) is 4.44. The van der Waals surface area contributed by atoms with Crippen LogP contribution in [0.15, 0.2) is 99.3 Å². The van der Waals surface area contributed by atoms with Crippen LogP contribution in [-0.2, 0) is 0 Å². The summed E-state index contributed by atoms with van der Waals surface area (Å²) >= 11 is 1.28. The van der Waals surface area contributed by atoms with E-state index in [-0.39, 0.29) is 11.4 Å². The van der Waals surface area contributed by atoms with Gasteiger partial charge in [0.1, 0.15) is 0 Å². The van der Waals surface area contributed by atoms with Crippen LogP contribution in [0.2, 0.25) is 0 Å². The Morgan fingerprint density at radius 3 is 2.36 bits per heavy atom. The Balaban J connectivity index is 1.59. The summed E-state index contributed by atoms with van der Waals surface area (Å²) in [4.78, 5) is 28.6. The van der Waals surface area contributed by atoms with Gasteiger partial charge in [0.25, 0.3) is 5.69 Å². The van der Waals surface area contributed by atoms with E-state index in [4.69, 9.17) is 5.26 Å². The highest BCUT2D eigenvalue weighted by Gasteiger charge is 2.20. The Labute approximate surface area is 207 Å². The molecule has 11 heteroatoms. The Kier molecular flexibility index (Phi) is 6.00. The minimum Gasteiger partial charge on any atom is -0.286 e. The van der Waals surface area contributed by atoms with Crippen LogP contribution in [-0.4, -0.2) is 19.7 Å². The summed E-state index contributed by atoms with van der Waals surface area (Å²) in [6, 6.07) is 23.8. The van der Waals surface area contributed by atoms with Crippen LogP contribution in [0.3, 0.4) is 0 Å². The molecule has 0 saturated heterocycles. The first-order valence-corrected chi connectivity index (χ1v) is 11.4. The molecule has 0 bridgehead atoms. The van der Waals surface area contributed by atoms with Gasteiger partial charge >= 0.3 is 5.56 Å². The quantitative estimate of drug-likeness (QED) is 0.171. The van der Waals surface area contributed by atoms with Gasteiger partial charge in [0.05, 0.1) is 33.6 Å². The maximum absolute atomic E-state index is 13.4.